The first-order valence-electron chi connectivity index (χ1n) is 7.79. The largest absolute Gasteiger partial charge is 0.481 e. The van der Waals surface area contributed by atoms with Crippen LogP contribution in [-0.2, 0) is 9.59 Å². The molecule has 0 saturated heterocycles. The van der Waals surface area contributed by atoms with Crippen LogP contribution in [0.1, 0.15) is 24.4 Å². The molecule has 0 radical (unpaired) electrons. The summed E-state index contributed by atoms with van der Waals surface area (Å²) in [6.45, 7) is 3.53. The number of hydrogen-bond acceptors (Lipinski definition) is 4. The average molecular weight is 342 g/mol. The first-order chi connectivity index (χ1) is 11.8. The molecule has 1 aliphatic rings. The molecule has 7 heteroatoms. The number of amides is 2. The van der Waals surface area contributed by atoms with Gasteiger partial charge in [-0.05, 0) is 41.8 Å². The fraction of sp³-hybridized carbons (Fsp3) is 0.278. The van der Waals surface area contributed by atoms with Crippen molar-refractivity contribution in [3.63, 3.8) is 0 Å². The lowest BCUT2D eigenvalue weighted by Gasteiger charge is -2.08. The van der Waals surface area contributed by atoms with Crippen molar-refractivity contribution >= 4 is 29.2 Å². The molecule has 2 atom stereocenters. The van der Waals surface area contributed by atoms with Crippen molar-refractivity contribution in [3.8, 4) is 0 Å². The average Bonchev–Trinajstić information content (AvgIpc) is 2.90. The van der Waals surface area contributed by atoms with E-state index in [1.165, 1.54) is 6.26 Å². The summed E-state index contributed by atoms with van der Waals surface area (Å²) in [5.41, 5.74) is 0.537. The molecule has 1 saturated carbocycles. The maximum Gasteiger partial charge on any atom is 0.307 e. The minimum atomic E-state index is -0.957. The van der Waals surface area contributed by atoms with Crippen LogP contribution in [0.2, 0.25) is 0 Å². The van der Waals surface area contributed by atoms with Gasteiger partial charge in [-0.25, -0.2) is 0 Å². The minimum Gasteiger partial charge on any atom is -0.481 e. The number of aliphatic carboxylic acids is 1. The summed E-state index contributed by atoms with van der Waals surface area (Å²) >= 11 is 0. The van der Waals surface area contributed by atoms with E-state index in [0.717, 1.165) is 0 Å². The lowest BCUT2D eigenvalue weighted by atomic mass is 10.1. The SMILES string of the molecule is CC1(C)[C@H](C(=O)Nc2ccc(NC(=O)c3ccco3)cc2)[C@@H]1C(=O)O. The second kappa shape index (κ2) is 6.08. The van der Waals surface area contributed by atoms with Crippen molar-refractivity contribution in [1.29, 1.82) is 0 Å². The number of carbonyl (C=O) groups excluding carboxylic acids is 2. The third-order valence-electron chi connectivity index (χ3n) is 4.53. The molecular weight excluding hydrogens is 324 g/mol. The zero-order chi connectivity index (χ0) is 18.2. The van der Waals surface area contributed by atoms with Crippen LogP contribution in [0.25, 0.3) is 0 Å². The van der Waals surface area contributed by atoms with E-state index in [1.54, 1.807) is 50.2 Å². The van der Waals surface area contributed by atoms with Gasteiger partial charge in [-0.2, -0.15) is 0 Å². The van der Waals surface area contributed by atoms with E-state index in [4.69, 9.17) is 9.52 Å². The van der Waals surface area contributed by atoms with Crippen molar-refractivity contribution < 1.29 is 23.9 Å². The van der Waals surface area contributed by atoms with Gasteiger partial charge in [-0.15, -0.1) is 0 Å². The van der Waals surface area contributed by atoms with E-state index in [1.807, 2.05) is 0 Å². The third kappa shape index (κ3) is 3.26. The molecule has 130 valence electrons. The van der Waals surface area contributed by atoms with Crippen LogP contribution < -0.4 is 10.6 Å². The van der Waals surface area contributed by atoms with E-state index in [0.29, 0.717) is 11.4 Å². The zero-order valence-electron chi connectivity index (χ0n) is 13.8. The summed E-state index contributed by atoms with van der Waals surface area (Å²) in [6, 6.07) is 9.74. The number of hydrogen-bond donors (Lipinski definition) is 3. The maximum atomic E-state index is 12.3. The van der Waals surface area contributed by atoms with Crippen LogP contribution in [0.4, 0.5) is 11.4 Å². The molecule has 0 bridgehead atoms. The highest BCUT2D eigenvalue weighted by atomic mass is 16.4. The van der Waals surface area contributed by atoms with Crippen molar-refractivity contribution in [1.82, 2.24) is 0 Å². The standard InChI is InChI=1S/C18H18N2O5/c1-18(2)13(14(18)17(23)24)16(22)20-11-7-5-10(6-8-11)19-15(21)12-4-3-9-25-12/h3-9,13-14H,1-2H3,(H,19,21)(H,20,22)(H,23,24)/t13-,14+/m0/s1. The summed E-state index contributed by atoms with van der Waals surface area (Å²) in [4.78, 5) is 35.3. The van der Waals surface area contributed by atoms with Crippen LogP contribution >= 0.6 is 0 Å². The number of furan rings is 1. The summed E-state index contributed by atoms with van der Waals surface area (Å²) in [5.74, 6) is -2.66. The predicted octanol–water partition coefficient (Wildman–Crippen LogP) is 2.83. The van der Waals surface area contributed by atoms with Crippen LogP contribution in [-0.4, -0.2) is 22.9 Å². The maximum absolute atomic E-state index is 12.3. The Labute approximate surface area is 144 Å². The van der Waals surface area contributed by atoms with Crippen molar-refractivity contribution in [2.75, 3.05) is 10.6 Å². The summed E-state index contributed by atoms with van der Waals surface area (Å²) in [5, 5.41) is 14.5. The molecule has 2 amide bonds. The Hall–Kier alpha value is -3.09. The molecule has 25 heavy (non-hydrogen) atoms. The van der Waals surface area contributed by atoms with Gasteiger partial charge in [0.15, 0.2) is 5.76 Å². The molecule has 3 rings (SSSR count). The van der Waals surface area contributed by atoms with Gasteiger partial charge in [-0.3, -0.25) is 14.4 Å². The first kappa shape index (κ1) is 16.8. The highest BCUT2D eigenvalue weighted by molar-refractivity contribution is 6.03. The van der Waals surface area contributed by atoms with Gasteiger partial charge in [-0.1, -0.05) is 13.8 Å². The van der Waals surface area contributed by atoms with Gasteiger partial charge in [0.25, 0.3) is 5.91 Å². The zero-order valence-corrected chi connectivity index (χ0v) is 13.8. The summed E-state index contributed by atoms with van der Waals surface area (Å²) in [7, 11) is 0. The van der Waals surface area contributed by atoms with Gasteiger partial charge < -0.3 is 20.2 Å². The number of rotatable bonds is 5. The van der Waals surface area contributed by atoms with Crippen molar-refractivity contribution in [3.05, 3.63) is 48.4 Å². The Bertz CT molecular complexity index is 809. The topological polar surface area (TPSA) is 109 Å². The van der Waals surface area contributed by atoms with Gasteiger partial charge in [0, 0.05) is 11.4 Å². The number of carbonyl (C=O) groups is 3. The molecule has 3 N–H and O–H groups in total. The van der Waals surface area contributed by atoms with E-state index < -0.39 is 23.2 Å². The predicted molar refractivity (Wildman–Crippen MR) is 90.1 cm³/mol. The lowest BCUT2D eigenvalue weighted by Crippen LogP contribution is -2.17. The molecule has 1 fully saturated rings. The van der Waals surface area contributed by atoms with Crippen LogP contribution in [0, 0.1) is 17.3 Å². The van der Waals surface area contributed by atoms with Crippen LogP contribution in [0.5, 0.6) is 0 Å². The molecule has 2 aromatic rings. The minimum absolute atomic E-state index is 0.202. The van der Waals surface area contributed by atoms with E-state index in [9.17, 15) is 14.4 Å². The monoisotopic (exact) mass is 342 g/mol. The van der Waals surface area contributed by atoms with E-state index in [-0.39, 0.29) is 17.6 Å². The number of benzene rings is 1. The molecule has 7 nitrogen and oxygen atoms in total. The highest BCUT2D eigenvalue weighted by Gasteiger charge is 2.65. The van der Waals surface area contributed by atoms with Crippen molar-refractivity contribution in [2.24, 2.45) is 17.3 Å². The summed E-state index contributed by atoms with van der Waals surface area (Å²) in [6.07, 6.45) is 1.41. The Kier molecular flexibility index (Phi) is 4.08. The fourth-order valence-corrected chi connectivity index (χ4v) is 3.05. The highest BCUT2D eigenvalue weighted by Crippen LogP contribution is 2.58. The van der Waals surface area contributed by atoms with E-state index in [2.05, 4.69) is 10.6 Å². The molecule has 0 aliphatic heterocycles. The normalized spacial score (nSPS) is 20.6. The third-order valence-corrected chi connectivity index (χ3v) is 4.53. The number of anilines is 2. The van der Waals surface area contributed by atoms with Gasteiger partial charge >= 0.3 is 5.97 Å². The number of carboxylic acid groups (broad SMARTS) is 1. The van der Waals surface area contributed by atoms with Crippen LogP contribution in [0.15, 0.2) is 47.1 Å². The fourth-order valence-electron chi connectivity index (χ4n) is 3.05. The molecule has 0 unspecified atom stereocenters. The molecular formula is C18H18N2O5. The Balaban J connectivity index is 1.61. The van der Waals surface area contributed by atoms with Gasteiger partial charge in [0.2, 0.25) is 5.91 Å². The number of nitrogens with one attached hydrogen (secondary N) is 2. The molecule has 0 spiro atoms. The molecule has 1 aromatic carbocycles. The van der Waals surface area contributed by atoms with Crippen molar-refractivity contribution in [2.45, 2.75) is 13.8 Å². The Morgan fingerprint density at radius 3 is 2.08 bits per heavy atom. The quantitative estimate of drug-likeness (QED) is 0.774. The van der Waals surface area contributed by atoms with Crippen LogP contribution in [0.3, 0.4) is 0 Å². The van der Waals surface area contributed by atoms with E-state index >= 15 is 0 Å². The Morgan fingerprint density at radius 2 is 1.60 bits per heavy atom. The summed E-state index contributed by atoms with van der Waals surface area (Å²) < 4.78 is 5.01. The lowest BCUT2D eigenvalue weighted by molar-refractivity contribution is -0.140. The second-order valence-corrected chi connectivity index (χ2v) is 6.61. The van der Waals surface area contributed by atoms with Gasteiger partial charge in [0.1, 0.15) is 0 Å². The van der Waals surface area contributed by atoms with Gasteiger partial charge in [0.05, 0.1) is 18.1 Å². The molecule has 1 aliphatic carbocycles. The molecule has 1 heterocycles. The second-order valence-electron chi connectivity index (χ2n) is 6.61. The number of carboxylic acids is 1. The molecule has 1 aromatic heterocycles. The Morgan fingerprint density at radius 1 is 1.00 bits per heavy atom. The first-order valence-corrected chi connectivity index (χ1v) is 7.79. The smallest absolute Gasteiger partial charge is 0.307 e.